The molecule has 1 aromatic heterocycles. The number of aromatic nitrogens is 1. The number of nitrogens with one attached hydrogen (secondary N) is 1. The molecule has 3 nitrogen and oxygen atoms in total. The maximum Gasteiger partial charge on any atom is 0.156 e. The third kappa shape index (κ3) is 2.98. The summed E-state index contributed by atoms with van der Waals surface area (Å²) in [4.78, 5) is 4.12. The second kappa shape index (κ2) is 5.13. The van der Waals surface area contributed by atoms with Crippen LogP contribution in [-0.4, -0.2) is 17.6 Å². The van der Waals surface area contributed by atoms with Gasteiger partial charge >= 0.3 is 0 Å². The quantitative estimate of drug-likeness (QED) is 0.736. The maximum absolute atomic E-state index is 5.43. The molecule has 1 atom stereocenters. The molecule has 1 N–H and O–H groups in total. The number of nitrogens with zero attached hydrogens (tertiary/aromatic N) is 1. The van der Waals surface area contributed by atoms with E-state index in [9.17, 15) is 0 Å². The SMILES string of the molecule is C#CC(C)Oc1ccnc(NCC)c1. The number of anilines is 1. The highest BCUT2D eigenvalue weighted by molar-refractivity contribution is 5.40. The van der Waals surface area contributed by atoms with E-state index in [-0.39, 0.29) is 6.10 Å². The van der Waals surface area contributed by atoms with Gasteiger partial charge in [0.25, 0.3) is 0 Å². The Kier molecular flexibility index (Phi) is 3.81. The van der Waals surface area contributed by atoms with Crippen molar-refractivity contribution in [2.24, 2.45) is 0 Å². The van der Waals surface area contributed by atoms with Crippen LogP contribution in [0, 0.1) is 12.3 Å². The van der Waals surface area contributed by atoms with Gasteiger partial charge in [-0.05, 0) is 19.9 Å². The van der Waals surface area contributed by atoms with Gasteiger partial charge in [-0.2, -0.15) is 0 Å². The molecule has 1 heterocycles. The van der Waals surface area contributed by atoms with Crippen LogP contribution in [0.5, 0.6) is 5.75 Å². The third-order valence-electron chi connectivity index (χ3n) is 1.64. The highest BCUT2D eigenvalue weighted by Crippen LogP contribution is 2.15. The lowest BCUT2D eigenvalue weighted by Crippen LogP contribution is -2.08. The molecule has 0 radical (unpaired) electrons. The molecular formula is C11H14N2O. The van der Waals surface area contributed by atoms with E-state index in [1.807, 2.05) is 19.9 Å². The Labute approximate surface area is 84.5 Å². The van der Waals surface area contributed by atoms with E-state index < -0.39 is 0 Å². The van der Waals surface area contributed by atoms with Crippen LogP contribution in [0.15, 0.2) is 18.3 Å². The molecule has 0 saturated carbocycles. The standard InChI is InChI=1S/C11H14N2O/c1-4-9(3)14-10-6-7-13-11(8-10)12-5-2/h1,6-9H,5H2,2-3H3,(H,12,13). The van der Waals surface area contributed by atoms with Gasteiger partial charge in [0, 0.05) is 18.8 Å². The molecular weight excluding hydrogens is 176 g/mol. The topological polar surface area (TPSA) is 34.1 Å². The first-order valence-corrected chi connectivity index (χ1v) is 4.59. The maximum atomic E-state index is 5.43. The van der Waals surface area contributed by atoms with E-state index in [4.69, 9.17) is 11.2 Å². The molecule has 0 saturated heterocycles. The number of pyridine rings is 1. The van der Waals surface area contributed by atoms with Gasteiger partial charge in [-0.1, -0.05) is 5.92 Å². The van der Waals surface area contributed by atoms with Crippen molar-refractivity contribution in [3.63, 3.8) is 0 Å². The first-order chi connectivity index (χ1) is 6.76. The Morgan fingerprint density at radius 2 is 2.50 bits per heavy atom. The monoisotopic (exact) mass is 190 g/mol. The smallest absolute Gasteiger partial charge is 0.156 e. The largest absolute Gasteiger partial charge is 0.478 e. The second-order valence-corrected chi connectivity index (χ2v) is 2.83. The van der Waals surface area contributed by atoms with Crippen molar-refractivity contribution in [1.29, 1.82) is 0 Å². The summed E-state index contributed by atoms with van der Waals surface area (Å²) in [6.45, 7) is 4.67. The van der Waals surface area contributed by atoms with Gasteiger partial charge in [0.2, 0.25) is 0 Å². The minimum Gasteiger partial charge on any atom is -0.478 e. The number of hydrogen-bond donors (Lipinski definition) is 1. The summed E-state index contributed by atoms with van der Waals surface area (Å²) in [5, 5.41) is 3.10. The van der Waals surface area contributed by atoms with Crippen LogP contribution in [0.4, 0.5) is 5.82 Å². The van der Waals surface area contributed by atoms with E-state index in [0.717, 1.165) is 18.1 Å². The predicted molar refractivity (Wildman–Crippen MR) is 57.3 cm³/mol. The Hall–Kier alpha value is -1.69. The summed E-state index contributed by atoms with van der Waals surface area (Å²) < 4.78 is 5.43. The highest BCUT2D eigenvalue weighted by atomic mass is 16.5. The molecule has 0 amide bonds. The molecule has 0 spiro atoms. The van der Waals surface area contributed by atoms with Gasteiger partial charge in [-0.3, -0.25) is 0 Å². The molecule has 14 heavy (non-hydrogen) atoms. The number of terminal acetylenes is 1. The molecule has 1 aromatic rings. The lowest BCUT2D eigenvalue weighted by atomic mass is 10.4. The minimum absolute atomic E-state index is 0.216. The average molecular weight is 190 g/mol. The molecule has 1 rings (SSSR count). The fraction of sp³-hybridized carbons (Fsp3) is 0.364. The summed E-state index contributed by atoms with van der Waals surface area (Å²) in [6.07, 6.45) is 6.69. The Balaban J connectivity index is 2.69. The van der Waals surface area contributed by atoms with Gasteiger partial charge in [-0.15, -0.1) is 6.42 Å². The van der Waals surface area contributed by atoms with Crippen molar-refractivity contribution in [2.75, 3.05) is 11.9 Å². The Bertz CT molecular complexity index is 330. The number of rotatable bonds is 4. The summed E-state index contributed by atoms with van der Waals surface area (Å²) >= 11 is 0. The molecule has 0 bridgehead atoms. The molecule has 0 aliphatic rings. The van der Waals surface area contributed by atoms with Crippen LogP contribution in [0.2, 0.25) is 0 Å². The predicted octanol–water partition coefficient (Wildman–Crippen LogP) is 1.91. The molecule has 0 aliphatic heterocycles. The zero-order valence-electron chi connectivity index (χ0n) is 8.45. The highest BCUT2D eigenvalue weighted by Gasteiger charge is 2.00. The van der Waals surface area contributed by atoms with E-state index in [1.165, 1.54) is 0 Å². The van der Waals surface area contributed by atoms with Crippen LogP contribution in [0.1, 0.15) is 13.8 Å². The first-order valence-electron chi connectivity index (χ1n) is 4.59. The van der Waals surface area contributed by atoms with Gasteiger partial charge in [-0.25, -0.2) is 4.98 Å². The number of hydrogen-bond acceptors (Lipinski definition) is 3. The van der Waals surface area contributed by atoms with Gasteiger partial charge in [0.1, 0.15) is 11.6 Å². The van der Waals surface area contributed by atoms with Crippen LogP contribution in [0.25, 0.3) is 0 Å². The zero-order valence-corrected chi connectivity index (χ0v) is 8.45. The van der Waals surface area contributed by atoms with Gasteiger partial charge in [0.05, 0.1) is 0 Å². The van der Waals surface area contributed by atoms with Crippen molar-refractivity contribution in [3.8, 4) is 18.1 Å². The summed E-state index contributed by atoms with van der Waals surface area (Å²) in [5.74, 6) is 4.04. The first kappa shape index (κ1) is 10.4. The molecule has 3 heteroatoms. The van der Waals surface area contributed by atoms with Crippen molar-refractivity contribution < 1.29 is 4.74 Å². The molecule has 0 fully saturated rings. The molecule has 0 aromatic carbocycles. The third-order valence-corrected chi connectivity index (χ3v) is 1.64. The second-order valence-electron chi connectivity index (χ2n) is 2.83. The average Bonchev–Trinajstić information content (AvgIpc) is 2.19. The normalized spacial score (nSPS) is 11.5. The van der Waals surface area contributed by atoms with Gasteiger partial charge < -0.3 is 10.1 Å². The Morgan fingerprint density at radius 1 is 1.71 bits per heavy atom. The van der Waals surface area contributed by atoms with Crippen LogP contribution < -0.4 is 10.1 Å². The van der Waals surface area contributed by atoms with Crippen LogP contribution in [0.3, 0.4) is 0 Å². The fourth-order valence-electron chi connectivity index (χ4n) is 1.00. The van der Waals surface area contributed by atoms with E-state index in [2.05, 4.69) is 16.2 Å². The fourth-order valence-corrected chi connectivity index (χ4v) is 1.00. The summed E-state index contributed by atoms with van der Waals surface area (Å²) in [6, 6.07) is 3.62. The van der Waals surface area contributed by atoms with Crippen molar-refractivity contribution in [3.05, 3.63) is 18.3 Å². The van der Waals surface area contributed by atoms with E-state index in [1.54, 1.807) is 12.3 Å². The summed E-state index contributed by atoms with van der Waals surface area (Å²) in [7, 11) is 0. The van der Waals surface area contributed by atoms with Gasteiger partial charge in [0.15, 0.2) is 6.10 Å². The minimum atomic E-state index is -0.216. The van der Waals surface area contributed by atoms with E-state index >= 15 is 0 Å². The van der Waals surface area contributed by atoms with Crippen molar-refractivity contribution in [2.45, 2.75) is 20.0 Å². The lowest BCUT2D eigenvalue weighted by molar-refractivity contribution is 0.279. The van der Waals surface area contributed by atoms with E-state index in [0.29, 0.717) is 0 Å². The lowest BCUT2D eigenvalue weighted by Gasteiger charge is -2.09. The van der Waals surface area contributed by atoms with Crippen LogP contribution >= 0.6 is 0 Å². The van der Waals surface area contributed by atoms with Crippen molar-refractivity contribution in [1.82, 2.24) is 4.98 Å². The molecule has 1 unspecified atom stereocenters. The molecule has 74 valence electrons. The number of ether oxygens (including phenoxy) is 1. The van der Waals surface area contributed by atoms with Crippen LogP contribution in [-0.2, 0) is 0 Å². The molecule has 0 aliphatic carbocycles. The Morgan fingerprint density at radius 3 is 3.14 bits per heavy atom. The zero-order chi connectivity index (χ0) is 10.4. The van der Waals surface area contributed by atoms with Crippen molar-refractivity contribution >= 4 is 5.82 Å². The summed E-state index contributed by atoms with van der Waals surface area (Å²) in [5.41, 5.74) is 0.